The molecule has 2 rings (SSSR count). The van der Waals surface area contributed by atoms with E-state index in [1.165, 1.54) is 7.11 Å². The first-order valence-electron chi connectivity index (χ1n) is 9.26. The van der Waals surface area contributed by atoms with Crippen molar-refractivity contribution in [3.8, 4) is 0 Å². The second-order valence-corrected chi connectivity index (χ2v) is 13.1. The van der Waals surface area contributed by atoms with Gasteiger partial charge in [-0.3, -0.25) is 0 Å². The van der Waals surface area contributed by atoms with Gasteiger partial charge in [-0.15, -0.1) is 0 Å². The van der Waals surface area contributed by atoms with Gasteiger partial charge in [-0.2, -0.15) is 0 Å². The number of hydrogen-bond acceptors (Lipinski definition) is 6. The Bertz CT molecular complexity index is 598. The lowest BCUT2D eigenvalue weighted by Crippen LogP contribution is -2.45. The molecule has 0 radical (unpaired) electrons. The van der Waals surface area contributed by atoms with Gasteiger partial charge in [0.2, 0.25) is 0 Å². The summed E-state index contributed by atoms with van der Waals surface area (Å²) in [5.41, 5.74) is 1.06. The third-order valence-electron chi connectivity index (χ3n) is 5.29. The molecule has 1 fully saturated rings. The van der Waals surface area contributed by atoms with Crippen LogP contribution in [0.5, 0.6) is 0 Å². The molecular weight excluding hydrogens is 364 g/mol. The van der Waals surface area contributed by atoms with E-state index in [0.717, 1.165) is 5.56 Å². The molecule has 1 aromatic carbocycles. The van der Waals surface area contributed by atoms with E-state index in [0.29, 0.717) is 13.2 Å². The van der Waals surface area contributed by atoms with E-state index < -0.39 is 32.6 Å². The van der Waals surface area contributed by atoms with E-state index in [1.54, 1.807) is 0 Å². The van der Waals surface area contributed by atoms with Gasteiger partial charge in [0.25, 0.3) is 0 Å². The van der Waals surface area contributed by atoms with Crippen LogP contribution in [0.3, 0.4) is 0 Å². The maximum Gasteiger partial charge on any atom is 0.338 e. The van der Waals surface area contributed by atoms with Crippen molar-refractivity contribution in [3.63, 3.8) is 0 Å². The van der Waals surface area contributed by atoms with Crippen molar-refractivity contribution in [2.45, 2.75) is 63.8 Å². The predicted molar refractivity (Wildman–Crippen MR) is 105 cm³/mol. The Kier molecular flexibility index (Phi) is 7.59. The van der Waals surface area contributed by atoms with E-state index in [2.05, 4.69) is 33.9 Å². The molecule has 0 bridgehead atoms. The maximum atomic E-state index is 12.1. The molecular formula is C20H32O6Si. The maximum absolute atomic E-state index is 12.1. The molecule has 1 heterocycles. The third-order valence-corrected chi connectivity index (χ3v) is 9.79. The average molecular weight is 397 g/mol. The van der Waals surface area contributed by atoms with Crippen molar-refractivity contribution >= 4 is 14.3 Å². The largest absolute Gasteiger partial charge is 0.455 e. The van der Waals surface area contributed by atoms with E-state index >= 15 is 0 Å². The first kappa shape index (κ1) is 22.0. The fraction of sp³-hybridized carbons (Fsp3) is 0.650. The summed E-state index contributed by atoms with van der Waals surface area (Å²) in [7, 11) is -0.481. The Labute approximate surface area is 163 Å². The second kappa shape index (κ2) is 9.30. The molecule has 27 heavy (non-hydrogen) atoms. The molecule has 152 valence electrons. The van der Waals surface area contributed by atoms with Gasteiger partial charge < -0.3 is 23.4 Å². The quantitative estimate of drug-likeness (QED) is 0.275. The van der Waals surface area contributed by atoms with E-state index in [4.69, 9.17) is 23.4 Å². The second-order valence-electron chi connectivity index (χ2n) is 8.29. The fourth-order valence-corrected chi connectivity index (χ4v) is 3.55. The zero-order chi connectivity index (χ0) is 20.1. The highest BCUT2D eigenvalue weighted by atomic mass is 28.4. The smallest absolute Gasteiger partial charge is 0.338 e. The van der Waals surface area contributed by atoms with Crippen LogP contribution in [0, 0.1) is 0 Å². The lowest BCUT2D eigenvalue weighted by molar-refractivity contribution is -0.150. The van der Waals surface area contributed by atoms with Gasteiger partial charge in [0.05, 0.1) is 13.2 Å². The molecule has 1 saturated heterocycles. The SMILES string of the molecule is CO[C@H]1C(=O)O[C@@H](CO[Si](C)(C)C(C)(C)C)[C@@H]1OCOCc1ccccc1. The van der Waals surface area contributed by atoms with Crippen molar-refractivity contribution < 1.29 is 28.2 Å². The molecule has 0 aromatic heterocycles. The summed E-state index contributed by atoms with van der Waals surface area (Å²) in [6.07, 6.45) is -1.82. The Morgan fingerprint density at radius 2 is 1.81 bits per heavy atom. The molecule has 0 amide bonds. The van der Waals surface area contributed by atoms with Gasteiger partial charge >= 0.3 is 5.97 Å². The molecule has 3 atom stereocenters. The van der Waals surface area contributed by atoms with Crippen molar-refractivity contribution in [2.75, 3.05) is 20.5 Å². The minimum Gasteiger partial charge on any atom is -0.455 e. The first-order chi connectivity index (χ1) is 12.7. The Balaban J connectivity index is 1.90. The molecule has 0 unspecified atom stereocenters. The number of ether oxygens (including phenoxy) is 4. The van der Waals surface area contributed by atoms with Crippen molar-refractivity contribution in [3.05, 3.63) is 35.9 Å². The zero-order valence-electron chi connectivity index (χ0n) is 17.2. The predicted octanol–water partition coefficient (Wildman–Crippen LogP) is 3.51. The minimum absolute atomic E-state index is 0.0483. The summed E-state index contributed by atoms with van der Waals surface area (Å²) in [4.78, 5) is 12.1. The molecule has 1 aliphatic heterocycles. The summed E-state index contributed by atoms with van der Waals surface area (Å²) in [6.45, 7) is 11.6. The molecule has 7 heteroatoms. The molecule has 1 aliphatic rings. The highest BCUT2D eigenvalue weighted by Crippen LogP contribution is 2.37. The molecule has 1 aromatic rings. The molecule has 6 nitrogen and oxygen atoms in total. The van der Waals surface area contributed by atoms with Crippen LogP contribution < -0.4 is 0 Å². The van der Waals surface area contributed by atoms with Crippen LogP contribution in [0.25, 0.3) is 0 Å². The van der Waals surface area contributed by atoms with Gasteiger partial charge in [-0.1, -0.05) is 51.1 Å². The summed E-state index contributed by atoms with van der Waals surface area (Å²) in [6, 6.07) is 9.83. The Morgan fingerprint density at radius 3 is 2.41 bits per heavy atom. The number of carbonyl (C=O) groups excluding carboxylic acids is 1. The summed E-state index contributed by atoms with van der Waals surface area (Å²) < 4.78 is 28.3. The summed E-state index contributed by atoms with van der Waals surface area (Å²) in [5, 5.41) is 0.0748. The normalized spacial score (nSPS) is 23.5. The van der Waals surface area contributed by atoms with Crippen LogP contribution in [0.2, 0.25) is 18.1 Å². The number of methoxy groups -OCH3 is 1. The number of benzene rings is 1. The molecule has 0 aliphatic carbocycles. The van der Waals surface area contributed by atoms with Crippen LogP contribution in [0.4, 0.5) is 0 Å². The zero-order valence-corrected chi connectivity index (χ0v) is 18.2. The molecule has 0 spiro atoms. The van der Waals surface area contributed by atoms with Crippen LogP contribution in [0.15, 0.2) is 30.3 Å². The van der Waals surface area contributed by atoms with Crippen LogP contribution in [0.1, 0.15) is 26.3 Å². The lowest BCUT2D eigenvalue weighted by atomic mass is 10.1. The standard InChI is InChI=1S/C20H32O6Si/c1-20(2,3)27(5,6)25-13-16-17(18(22-4)19(21)26-16)24-14-23-12-15-10-8-7-9-11-15/h7-11,16-18H,12-14H2,1-6H3/t16-,17-,18+/m0/s1. The van der Waals surface area contributed by atoms with Gasteiger partial charge in [-0.05, 0) is 23.7 Å². The lowest BCUT2D eigenvalue weighted by Gasteiger charge is -2.37. The third kappa shape index (κ3) is 5.86. The summed E-state index contributed by atoms with van der Waals surface area (Å²) in [5.74, 6) is -0.422. The number of esters is 1. The Morgan fingerprint density at radius 1 is 1.15 bits per heavy atom. The van der Waals surface area contributed by atoms with Crippen molar-refractivity contribution in [1.82, 2.24) is 0 Å². The number of hydrogen-bond donors (Lipinski definition) is 0. The van der Waals surface area contributed by atoms with E-state index in [1.807, 2.05) is 30.3 Å². The van der Waals surface area contributed by atoms with E-state index in [9.17, 15) is 4.79 Å². The summed E-state index contributed by atoms with van der Waals surface area (Å²) >= 11 is 0. The number of carbonyl (C=O) groups is 1. The van der Waals surface area contributed by atoms with Crippen molar-refractivity contribution in [2.24, 2.45) is 0 Å². The van der Waals surface area contributed by atoms with Crippen LogP contribution >= 0.6 is 0 Å². The van der Waals surface area contributed by atoms with Gasteiger partial charge in [0.1, 0.15) is 12.9 Å². The number of cyclic esters (lactones) is 1. The fourth-order valence-electron chi connectivity index (χ4n) is 2.53. The topological polar surface area (TPSA) is 63.2 Å². The molecule has 0 saturated carbocycles. The van der Waals surface area contributed by atoms with Crippen molar-refractivity contribution in [1.29, 1.82) is 0 Å². The monoisotopic (exact) mass is 396 g/mol. The van der Waals surface area contributed by atoms with Gasteiger partial charge in [-0.25, -0.2) is 4.79 Å². The van der Waals surface area contributed by atoms with Crippen LogP contribution in [-0.2, 0) is 34.8 Å². The van der Waals surface area contributed by atoms with E-state index in [-0.39, 0.29) is 11.8 Å². The first-order valence-corrected chi connectivity index (χ1v) is 12.2. The van der Waals surface area contributed by atoms with Crippen LogP contribution in [-0.4, -0.2) is 53.1 Å². The minimum atomic E-state index is -1.96. The van der Waals surface area contributed by atoms with Gasteiger partial charge in [0.15, 0.2) is 20.5 Å². The highest BCUT2D eigenvalue weighted by Gasteiger charge is 2.48. The number of rotatable bonds is 9. The van der Waals surface area contributed by atoms with Gasteiger partial charge in [0, 0.05) is 7.11 Å². The Hall–Kier alpha value is -1.25. The molecule has 0 N–H and O–H groups in total. The highest BCUT2D eigenvalue weighted by molar-refractivity contribution is 6.74. The average Bonchev–Trinajstić information content (AvgIpc) is 2.91.